The molecular formula is C52H53SiZr. The molecule has 6 aromatic rings. The summed E-state index contributed by atoms with van der Waals surface area (Å²) in [6.07, 6.45) is 7.54. The number of hydrogen-bond donors (Lipinski definition) is 0. The first-order chi connectivity index (χ1) is 26.4. The molecule has 0 saturated heterocycles. The summed E-state index contributed by atoms with van der Waals surface area (Å²) < 4.78 is 0.956. The normalized spacial score (nSPS) is 17.1. The molecule has 269 valence electrons. The summed E-state index contributed by atoms with van der Waals surface area (Å²) in [6, 6.07) is 55.8. The zero-order valence-corrected chi connectivity index (χ0v) is 36.4. The Bertz CT molecular complexity index is 2170. The summed E-state index contributed by atoms with van der Waals surface area (Å²) >= 11 is -2.52. The summed E-state index contributed by atoms with van der Waals surface area (Å²) in [5, 5.41) is 0. The van der Waals surface area contributed by atoms with Crippen LogP contribution in [-0.2, 0) is 20.9 Å². The van der Waals surface area contributed by atoms with Crippen LogP contribution in [0.1, 0.15) is 104 Å². The van der Waals surface area contributed by atoms with E-state index in [0.717, 1.165) is 12.8 Å². The van der Waals surface area contributed by atoms with Crippen LogP contribution in [0.25, 0.3) is 45.6 Å². The van der Waals surface area contributed by atoms with Gasteiger partial charge in [0, 0.05) is 0 Å². The van der Waals surface area contributed by atoms with Gasteiger partial charge in [0.05, 0.1) is 0 Å². The van der Waals surface area contributed by atoms with Crippen LogP contribution in [-0.4, -0.2) is 5.92 Å². The van der Waals surface area contributed by atoms with Crippen molar-refractivity contribution in [1.82, 2.24) is 0 Å². The molecule has 0 aromatic heterocycles. The molecule has 0 bridgehead atoms. The quantitative estimate of drug-likeness (QED) is 0.115. The van der Waals surface area contributed by atoms with Gasteiger partial charge < -0.3 is 0 Å². The molecule has 0 radical (unpaired) electrons. The van der Waals surface area contributed by atoms with E-state index in [9.17, 15) is 0 Å². The van der Waals surface area contributed by atoms with Crippen LogP contribution >= 0.6 is 0 Å². The van der Waals surface area contributed by atoms with E-state index in [0.29, 0.717) is 19.1 Å². The van der Waals surface area contributed by atoms with Gasteiger partial charge in [-0.05, 0) is 0 Å². The molecule has 0 N–H and O–H groups in total. The molecule has 8 rings (SSSR count). The van der Waals surface area contributed by atoms with E-state index in [1.807, 2.05) is 0 Å². The monoisotopic (exact) mass is 795 g/mol. The molecule has 6 aromatic carbocycles. The second-order valence-electron chi connectivity index (χ2n) is 15.9. The van der Waals surface area contributed by atoms with Crippen molar-refractivity contribution in [2.75, 3.05) is 0 Å². The van der Waals surface area contributed by atoms with Gasteiger partial charge in [0.1, 0.15) is 0 Å². The third-order valence-corrected chi connectivity index (χ3v) is 33.9. The van der Waals surface area contributed by atoms with E-state index in [1.54, 1.807) is 22.3 Å². The molecule has 0 saturated carbocycles. The maximum atomic E-state index is 2.69. The summed E-state index contributed by atoms with van der Waals surface area (Å²) in [6.45, 7) is 14.8. The minimum atomic E-state index is -2.52. The van der Waals surface area contributed by atoms with Gasteiger partial charge >= 0.3 is 335 Å². The molecule has 0 amide bonds. The van der Waals surface area contributed by atoms with Crippen LogP contribution in [0, 0.1) is 0 Å². The van der Waals surface area contributed by atoms with Gasteiger partial charge in [-0.3, -0.25) is 0 Å². The van der Waals surface area contributed by atoms with Gasteiger partial charge in [0.15, 0.2) is 0 Å². The zero-order valence-electron chi connectivity index (χ0n) is 32.8. The van der Waals surface area contributed by atoms with Gasteiger partial charge in [-0.15, -0.1) is 0 Å². The number of allylic oxidation sites excluding steroid dienone is 2. The zero-order chi connectivity index (χ0) is 37.3. The number of fused-ring (bicyclic) bond motifs is 2. The van der Waals surface area contributed by atoms with Gasteiger partial charge in [0.25, 0.3) is 0 Å². The van der Waals surface area contributed by atoms with Crippen molar-refractivity contribution >= 4 is 29.2 Å². The SMILES string of the molecule is CCC(C)c1ccccc1-c1cccc2c1C=C(c1ccccc1)[CH]2[Zr]([CH]1C(c2ccccc2)=Cc2c(-c3ccccc3C(C)CC)cccc21)[SiH](C)C. The predicted molar refractivity (Wildman–Crippen MR) is 234 cm³/mol. The molecule has 54 heavy (non-hydrogen) atoms. The Morgan fingerprint density at radius 1 is 0.463 bits per heavy atom. The van der Waals surface area contributed by atoms with Crippen LogP contribution in [0.4, 0.5) is 0 Å². The second kappa shape index (κ2) is 15.9. The predicted octanol–water partition coefficient (Wildman–Crippen LogP) is 14.5. The maximum absolute atomic E-state index is 2.69. The average molecular weight is 797 g/mol. The molecule has 2 aliphatic rings. The van der Waals surface area contributed by atoms with Gasteiger partial charge in [-0.1, -0.05) is 0 Å². The first-order valence-corrected chi connectivity index (χ1v) is 30.2. The van der Waals surface area contributed by atoms with Gasteiger partial charge in [-0.2, -0.15) is 0 Å². The van der Waals surface area contributed by atoms with Crippen LogP contribution in [0.5, 0.6) is 0 Å². The summed E-state index contributed by atoms with van der Waals surface area (Å²) in [5.41, 5.74) is 20.6. The van der Waals surface area contributed by atoms with E-state index >= 15 is 0 Å². The minimum absolute atomic E-state index is 0.478. The Morgan fingerprint density at radius 3 is 1.22 bits per heavy atom. The molecular weight excluding hydrogens is 744 g/mol. The van der Waals surface area contributed by atoms with Gasteiger partial charge in [0.2, 0.25) is 0 Å². The first kappa shape index (κ1) is 36.9. The fourth-order valence-corrected chi connectivity index (χ4v) is 31.6. The van der Waals surface area contributed by atoms with Crippen molar-refractivity contribution in [3.8, 4) is 22.3 Å². The van der Waals surface area contributed by atoms with Crippen molar-refractivity contribution in [2.45, 2.75) is 72.7 Å². The Labute approximate surface area is 333 Å². The van der Waals surface area contributed by atoms with Crippen molar-refractivity contribution in [1.29, 1.82) is 0 Å². The standard InChI is InChI=1S/2C25H23.C2H7Si.Zr/c2*1-3-18(2)22-13-7-8-14-23(22)24-15-9-12-20-16-21(17-25(20)24)19-10-5-4-6-11-19;1-3-2;/h2*4-18H,3H2,1-2H3;3H,1-2H3;. The molecule has 2 heteroatoms. The second-order valence-corrected chi connectivity index (χ2v) is 35.9. The van der Waals surface area contributed by atoms with Crippen LogP contribution in [0.3, 0.4) is 0 Å². The average Bonchev–Trinajstić information content (AvgIpc) is 3.80. The molecule has 2 aliphatic carbocycles. The number of rotatable bonds is 11. The van der Waals surface area contributed by atoms with Crippen molar-refractivity contribution in [3.05, 3.63) is 190 Å². The summed E-state index contributed by atoms with van der Waals surface area (Å²) in [7, 11) is 0. The topological polar surface area (TPSA) is 0 Å². The third-order valence-electron chi connectivity index (χ3n) is 12.5. The van der Waals surface area contributed by atoms with E-state index in [4.69, 9.17) is 0 Å². The van der Waals surface area contributed by atoms with Crippen molar-refractivity contribution in [2.24, 2.45) is 0 Å². The Hall–Kier alpha value is -4.10. The Kier molecular flexibility index (Phi) is 10.9. The summed E-state index contributed by atoms with van der Waals surface area (Å²) in [5.74, 6) is -0.143. The molecule has 4 atom stereocenters. The van der Waals surface area contributed by atoms with Gasteiger partial charge in [-0.25, -0.2) is 0 Å². The van der Waals surface area contributed by atoms with Crippen molar-refractivity contribution in [3.63, 3.8) is 0 Å². The Balaban J connectivity index is 1.36. The fraction of sp³-hybridized carbons (Fsp3) is 0.231. The van der Waals surface area contributed by atoms with E-state index in [2.05, 4.69) is 199 Å². The molecule has 0 heterocycles. The van der Waals surface area contributed by atoms with Crippen molar-refractivity contribution < 1.29 is 20.9 Å². The molecule has 0 nitrogen and oxygen atoms in total. The first-order valence-electron chi connectivity index (χ1n) is 20.3. The molecule has 0 aliphatic heterocycles. The van der Waals surface area contributed by atoms with E-state index in [-0.39, 0.29) is 0 Å². The number of benzene rings is 6. The van der Waals surface area contributed by atoms with E-state index in [1.165, 1.54) is 55.6 Å². The fourth-order valence-electron chi connectivity index (χ4n) is 9.37. The Morgan fingerprint density at radius 2 is 0.833 bits per heavy atom. The third kappa shape index (κ3) is 6.65. The number of hydrogen-bond acceptors (Lipinski definition) is 0. The summed E-state index contributed by atoms with van der Waals surface area (Å²) in [4.78, 5) is 0. The van der Waals surface area contributed by atoms with Crippen LogP contribution < -0.4 is 0 Å². The van der Waals surface area contributed by atoms with Crippen LogP contribution in [0.2, 0.25) is 13.1 Å². The van der Waals surface area contributed by atoms with E-state index < -0.39 is 26.8 Å². The molecule has 4 unspecified atom stereocenters. The molecule has 0 spiro atoms. The molecule has 0 fully saturated rings. The van der Waals surface area contributed by atoms with Crippen LogP contribution in [0.15, 0.2) is 146 Å².